The molecule has 1 N–H and O–H groups in total. The molecule has 0 aliphatic heterocycles. The van der Waals surface area contributed by atoms with Gasteiger partial charge in [0.25, 0.3) is 0 Å². The van der Waals surface area contributed by atoms with Gasteiger partial charge in [-0.1, -0.05) is 19.9 Å². The normalized spacial score (nSPS) is 23.6. The summed E-state index contributed by atoms with van der Waals surface area (Å²) in [6, 6.07) is 2.20. The van der Waals surface area contributed by atoms with Gasteiger partial charge in [0.2, 0.25) is 5.91 Å². The minimum absolute atomic E-state index is 0.195. The van der Waals surface area contributed by atoms with Gasteiger partial charge in [-0.15, -0.1) is 0 Å². The van der Waals surface area contributed by atoms with Crippen LogP contribution in [0.2, 0.25) is 0 Å². The van der Waals surface area contributed by atoms with Crippen LogP contribution in [-0.2, 0) is 24.2 Å². The number of pyridine rings is 1. The Bertz CT molecular complexity index is 493. The van der Waals surface area contributed by atoms with Crippen molar-refractivity contribution in [3.63, 3.8) is 0 Å². The molecule has 0 bridgehead atoms. The molecule has 3 rings (SSSR count). The Labute approximate surface area is 108 Å². The maximum atomic E-state index is 11.9. The summed E-state index contributed by atoms with van der Waals surface area (Å²) >= 11 is 0. The number of carbonyl (C=O) groups excluding carboxylic acids is 1. The third-order valence-corrected chi connectivity index (χ3v) is 4.27. The van der Waals surface area contributed by atoms with Gasteiger partial charge in [0, 0.05) is 24.4 Å². The molecule has 1 fully saturated rings. The fraction of sp³-hybridized carbons (Fsp3) is 0.600. The number of fused-ring (bicyclic) bond motifs is 1. The van der Waals surface area contributed by atoms with Gasteiger partial charge in [0.15, 0.2) is 0 Å². The number of aromatic nitrogens is 1. The van der Waals surface area contributed by atoms with Crippen LogP contribution in [0, 0.1) is 11.3 Å². The third kappa shape index (κ3) is 2.14. The number of amides is 1. The second kappa shape index (κ2) is 4.08. The van der Waals surface area contributed by atoms with Crippen LogP contribution in [0.5, 0.6) is 0 Å². The fourth-order valence-electron chi connectivity index (χ4n) is 2.80. The standard InChI is InChI=1S/C15H20N2O/c1-15(2)7-12(15)14(18)17-9-10-6-11-4-3-5-13(11)16-8-10/h6,8,12H,3-5,7,9H2,1-2H3,(H,17,18)/t12-/m1/s1. The Balaban J connectivity index is 1.59. The molecule has 0 saturated heterocycles. The highest BCUT2D eigenvalue weighted by atomic mass is 16.2. The Morgan fingerprint density at radius 1 is 1.50 bits per heavy atom. The van der Waals surface area contributed by atoms with E-state index < -0.39 is 0 Å². The Kier molecular flexibility index (Phi) is 2.65. The molecule has 0 radical (unpaired) electrons. The molecule has 0 spiro atoms. The van der Waals surface area contributed by atoms with Crippen molar-refractivity contribution in [3.8, 4) is 0 Å². The van der Waals surface area contributed by atoms with E-state index in [1.54, 1.807) is 0 Å². The average Bonchev–Trinajstić information content (AvgIpc) is 2.77. The summed E-state index contributed by atoms with van der Waals surface area (Å²) in [6.07, 6.45) is 6.39. The van der Waals surface area contributed by atoms with Gasteiger partial charge in [-0.3, -0.25) is 9.78 Å². The third-order valence-electron chi connectivity index (χ3n) is 4.27. The van der Waals surface area contributed by atoms with Crippen molar-refractivity contribution < 1.29 is 4.79 Å². The number of aryl methyl sites for hydroxylation is 2. The van der Waals surface area contributed by atoms with Crippen LogP contribution in [0.25, 0.3) is 0 Å². The number of nitrogens with zero attached hydrogens (tertiary/aromatic N) is 1. The summed E-state index contributed by atoms with van der Waals surface area (Å²) in [7, 11) is 0. The molecule has 1 aromatic rings. The average molecular weight is 244 g/mol. The number of carbonyl (C=O) groups is 1. The minimum atomic E-state index is 0.195. The number of hydrogen-bond acceptors (Lipinski definition) is 2. The van der Waals surface area contributed by atoms with Gasteiger partial charge in [-0.2, -0.15) is 0 Å². The van der Waals surface area contributed by atoms with Crippen molar-refractivity contribution in [2.45, 2.75) is 46.1 Å². The highest BCUT2D eigenvalue weighted by Gasteiger charge is 2.50. The maximum Gasteiger partial charge on any atom is 0.223 e. The number of hydrogen-bond donors (Lipinski definition) is 1. The van der Waals surface area contributed by atoms with Crippen LogP contribution < -0.4 is 5.32 Å². The van der Waals surface area contributed by atoms with Crippen LogP contribution in [-0.4, -0.2) is 10.9 Å². The molecule has 3 nitrogen and oxygen atoms in total. The van der Waals surface area contributed by atoms with Crippen molar-refractivity contribution in [3.05, 3.63) is 29.1 Å². The number of rotatable bonds is 3. The first-order chi connectivity index (χ1) is 8.56. The molecule has 1 atom stereocenters. The first-order valence-electron chi connectivity index (χ1n) is 6.81. The SMILES string of the molecule is CC1(C)C[C@@H]1C(=O)NCc1cnc2c(c1)CCC2. The summed E-state index contributed by atoms with van der Waals surface area (Å²) in [6.45, 7) is 4.91. The van der Waals surface area contributed by atoms with E-state index in [-0.39, 0.29) is 17.2 Å². The smallest absolute Gasteiger partial charge is 0.223 e. The molecule has 0 unspecified atom stereocenters. The zero-order valence-corrected chi connectivity index (χ0v) is 11.1. The van der Waals surface area contributed by atoms with Gasteiger partial charge in [-0.25, -0.2) is 0 Å². The van der Waals surface area contributed by atoms with Crippen molar-refractivity contribution in [2.75, 3.05) is 0 Å². The lowest BCUT2D eigenvalue weighted by molar-refractivity contribution is -0.123. The van der Waals surface area contributed by atoms with Crippen LogP contribution in [0.4, 0.5) is 0 Å². The van der Waals surface area contributed by atoms with Crippen molar-refractivity contribution >= 4 is 5.91 Å². The molecule has 18 heavy (non-hydrogen) atoms. The summed E-state index contributed by atoms with van der Waals surface area (Å²) in [4.78, 5) is 16.4. The Morgan fingerprint density at radius 3 is 3.00 bits per heavy atom. The van der Waals surface area contributed by atoms with Crippen LogP contribution >= 0.6 is 0 Å². The second-order valence-corrected chi connectivity index (χ2v) is 6.27. The fourth-order valence-corrected chi connectivity index (χ4v) is 2.80. The first-order valence-corrected chi connectivity index (χ1v) is 6.81. The predicted octanol–water partition coefficient (Wildman–Crippen LogP) is 2.23. The lowest BCUT2D eigenvalue weighted by atomic mass is 10.1. The molecule has 1 aromatic heterocycles. The lowest BCUT2D eigenvalue weighted by Crippen LogP contribution is -2.26. The maximum absolute atomic E-state index is 11.9. The van der Waals surface area contributed by atoms with Gasteiger partial charge in [0.05, 0.1) is 0 Å². The summed E-state index contributed by atoms with van der Waals surface area (Å²) in [5.74, 6) is 0.403. The lowest BCUT2D eigenvalue weighted by Gasteiger charge is -2.07. The molecule has 96 valence electrons. The zero-order valence-electron chi connectivity index (χ0n) is 11.1. The quantitative estimate of drug-likeness (QED) is 0.886. The predicted molar refractivity (Wildman–Crippen MR) is 70.0 cm³/mol. The van der Waals surface area contributed by atoms with E-state index in [2.05, 4.69) is 30.2 Å². The summed E-state index contributed by atoms with van der Waals surface area (Å²) in [5.41, 5.74) is 3.95. The molecule has 2 aliphatic rings. The Hall–Kier alpha value is -1.38. The van der Waals surface area contributed by atoms with Gasteiger partial charge < -0.3 is 5.32 Å². The summed E-state index contributed by atoms with van der Waals surface area (Å²) < 4.78 is 0. The molecular weight excluding hydrogens is 224 g/mol. The highest BCUT2D eigenvalue weighted by Crippen LogP contribution is 2.51. The number of nitrogens with one attached hydrogen (secondary N) is 1. The van der Waals surface area contributed by atoms with Gasteiger partial charge in [-0.05, 0) is 42.2 Å². The molecule has 2 aliphatic carbocycles. The molecule has 0 aromatic carbocycles. The van der Waals surface area contributed by atoms with Crippen molar-refractivity contribution in [1.82, 2.24) is 10.3 Å². The molecule has 3 heteroatoms. The van der Waals surface area contributed by atoms with E-state index in [1.807, 2.05) is 6.20 Å². The van der Waals surface area contributed by atoms with Crippen LogP contribution in [0.3, 0.4) is 0 Å². The van der Waals surface area contributed by atoms with E-state index >= 15 is 0 Å². The van der Waals surface area contributed by atoms with Gasteiger partial charge in [0.1, 0.15) is 0 Å². The topological polar surface area (TPSA) is 42.0 Å². The van der Waals surface area contributed by atoms with E-state index in [4.69, 9.17) is 0 Å². The van der Waals surface area contributed by atoms with Gasteiger partial charge >= 0.3 is 0 Å². The van der Waals surface area contributed by atoms with E-state index in [0.29, 0.717) is 6.54 Å². The highest BCUT2D eigenvalue weighted by molar-refractivity contribution is 5.82. The molecule has 1 saturated carbocycles. The summed E-state index contributed by atoms with van der Waals surface area (Å²) in [5, 5.41) is 3.03. The molecule has 1 amide bonds. The minimum Gasteiger partial charge on any atom is -0.352 e. The molecule has 1 heterocycles. The van der Waals surface area contributed by atoms with E-state index in [1.165, 1.54) is 17.7 Å². The second-order valence-electron chi connectivity index (χ2n) is 6.27. The monoisotopic (exact) mass is 244 g/mol. The van der Waals surface area contributed by atoms with Crippen molar-refractivity contribution in [2.24, 2.45) is 11.3 Å². The zero-order chi connectivity index (χ0) is 12.8. The first kappa shape index (κ1) is 11.7. The van der Waals surface area contributed by atoms with Crippen LogP contribution in [0.15, 0.2) is 12.3 Å². The van der Waals surface area contributed by atoms with E-state index in [0.717, 1.165) is 24.8 Å². The van der Waals surface area contributed by atoms with Crippen molar-refractivity contribution in [1.29, 1.82) is 0 Å². The Morgan fingerprint density at radius 2 is 2.28 bits per heavy atom. The van der Waals surface area contributed by atoms with Crippen LogP contribution in [0.1, 0.15) is 43.5 Å². The largest absolute Gasteiger partial charge is 0.352 e. The molecular formula is C15H20N2O. The van der Waals surface area contributed by atoms with E-state index in [9.17, 15) is 4.79 Å².